The summed E-state index contributed by atoms with van der Waals surface area (Å²) in [5, 5.41) is 2.69. The number of rotatable bonds is 5. The molecule has 0 saturated carbocycles. The molecule has 1 fully saturated rings. The van der Waals surface area contributed by atoms with Gasteiger partial charge >= 0.3 is 0 Å². The highest BCUT2D eigenvalue weighted by molar-refractivity contribution is 5.92. The predicted molar refractivity (Wildman–Crippen MR) is 92.0 cm³/mol. The molecule has 0 spiro atoms. The van der Waals surface area contributed by atoms with Crippen molar-refractivity contribution in [3.63, 3.8) is 0 Å². The Bertz CT molecular complexity index is 702. The van der Waals surface area contributed by atoms with Gasteiger partial charge in [0.05, 0.1) is 6.20 Å². The van der Waals surface area contributed by atoms with Crippen molar-refractivity contribution in [2.45, 2.75) is 6.42 Å². The van der Waals surface area contributed by atoms with Crippen LogP contribution in [0.1, 0.15) is 16.9 Å². The number of pyridine rings is 1. The van der Waals surface area contributed by atoms with Crippen molar-refractivity contribution in [3.8, 4) is 0 Å². The third kappa shape index (κ3) is 4.50. The minimum absolute atomic E-state index is 0.0418. The van der Waals surface area contributed by atoms with E-state index >= 15 is 0 Å². The molecule has 1 aliphatic rings. The monoisotopic (exact) mass is 340 g/mol. The van der Waals surface area contributed by atoms with E-state index in [-0.39, 0.29) is 30.5 Å². The van der Waals surface area contributed by atoms with Crippen LogP contribution in [0.5, 0.6) is 0 Å². The summed E-state index contributed by atoms with van der Waals surface area (Å²) in [6, 6.07) is 5.82. The second-order valence-corrected chi connectivity index (χ2v) is 5.65. The SMILES string of the molecule is O=C(NCCC(=O)N1CCN(c2ccccn2)CC1)c1cnccn1. The highest BCUT2D eigenvalue weighted by Crippen LogP contribution is 2.12. The highest BCUT2D eigenvalue weighted by Gasteiger charge is 2.21. The van der Waals surface area contributed by atoms with Crippen LogP contribution in [0.4, 0.5) is 5.82 Å². The van der Waals surface area contributed by atoms with Gasteiger partial charge in [0.1, 0.15) is 11.5 Å². The summed E-state index contributed by atoms with van der Waals surface area (Å²) >= 11 is 0. The fraction of sp³-hybridized carbons (Fsp3) is 0.353. The lowest BCUT2D eigenvalue weighted by atomic mass is 10.2. The van der Waals surface area contributed by atoms with Crippen LogP contribution in [0.25, 0.3) is 0 Å². The molecule has 0 aromatic carbocycles. The molecule has 2 aromatic rings. The van der Waals surface area contributed by atoms with Crippen LogP contribution in [-0.2, 0) is 4.79 Å². The molecule has 1 aliphatic heterocycles. The van der Waals surface area contributed by atoms with Gasteiger partial charge in [-0.1, -0.05) is 6.07 Å². The second kappa shape index (κ2) is 8.18. The summed E-state index contributed by atoms with van der Waals surface area (Å²) < 4.78 is 0. The van der Waals surface area contributed by atoms with Gasteiger partial charge in [-0.15, -0.1) is 0 Å². The van der Waals surface area contributed by atoms with Crippen LogP contribution in [0.3, 0.4) is 0 Å². The number of piperazine rings is 1. The van der Waals surface area contributed by atoms with E-state index < -0.39 is 0 Å². The summed E-state index contributed by atoms with van der Waals surface area (Å²) in [4.78, 5) is 40.2. The molecule has 0 bridgehead atoms. The van der Waals surface area contributed by atoms with E-state index in [1.54, 1.807) is 6.20 Å². The Labute approximate surface area is 145 Å². The Morgan fingerprint density at radius 2 is 1.88 bits per heavy atom. The molecule has 3 rings (SSSR count). The molecule has 8 heteroatoms. The first-order chi connectivity index (χ1) is 12.2. The van der Waals surface area contributed by atoms with Gasteiger partial charge in [-0.05, 0) is 12.1 Å². The van der Waals surface area contributed by atoms with Gasteiger partial charge in [0, 0.05) is 57.7 Å². The number of anilines is 1. The number of carbonyl (C=O) groups is 2. The summed E-state index contributed by atoms with van der Waals surface area (Å²) in [6.07, 6.45) is 6.41. The van der Waals surface area contributed by atoms with E-state index in [4.69, 9.17) is 0 Å². The van der Waals surface area contributed by atoms with Crippen molar-refractivity contribution in [3.05, 3.63) is 48.7 Å². The maximum Gasteiger partial charge on any atom is 0.271 e. The first-order valence-electron chi connectivity index (χ1n) is 8.22. The van der Waals surface area contributed by atoms with Gasteiger partial charge in [0.25, 0.3) is 5.91 Å². The number of hydrogen-bond acceptors (Lipinski definition) is 6. The number of amides is 2. The lowest BCUT2D eigenvalue weighted by Gasteiger charge is -2.35. The Morgan fingerprint density at radius 3 is 2.56 bits per heavy atom. The molecule has 0 atom stereocenters. The molecule has 3 heterocycles. The van der Waals surface area contributed by atoms with E-state index in [0.717, 1.165) is 18.9 Å². The number of aromatic nitrogens is 3. The van der Waals surface area contributed by atoms with Crippen LogP contribution in [0.2, 0.25) is 0 Å². The van der Waals surface area contributed by atoms with Crippen molar-refractivity contribution in [2.24, 2.45) is 0 Å². The minimum atomic E-state index is -0.319. The molecular formula is C17H20N6O2. The number of hydrogen-bond donors (Lipinski definition) is 1. The second-order valence-electron chi connectivity index (χ2n) is 5.65. The Morgan fingerprint density at radius 1 is 1.04 bits per heavy atom. The first-order valence-corrected chi connectivity index (χ1v) is 8.22. The van der Waals surface area contributed by atoms with E-state index in [0.29, 0.717) is 13.1 Å². The van der Waals surface area contributed by atoms with Gasteiger partial charge in [-0.3, -0.25) is 14.6 Å². The van der Waals surface area contributed by atoms with Gasteiger partial charge in [0.15, 0.2) is 0 Å². The molecule has 1 saturated heterocycles. The van der Waals surface area contributed by atoms with Crippen LogP contribution < -0.4 is 10.2 Å². The molecule has 25 heavy (non-hydrogen) atoms. The summed E-state index contributed by atoms with van der Waals surface area (Å²) in [5.74, 6) is 0.659. The van der Waals surface area contributed by atoms with Crippen LogP contribution in [0, 0.1) is 0 Å². The Hall–Kier alpha value is -3.03. The van der Waals surface area contributed by atoms with Crippen molar-refractivity contribution < 1.29 is 9.59 Å². The molecule has 0 aliphatic carbocycles. The molecule has 130 valence electrons. The highest BCUT2D eigenvalue weighted by atomic mass is 16.2. The topological polar surface area (TPSA) is 91.3 Å². The Balaban J connectivity index is 1.40. The molecule has 2 amide bonds. The lowest BCUT2D eigenvalue weighted by Crippen LogP contribution is -2.49. The quantitative estimate of drug-likeness (QED) is 0.844. The zero-order valence-corrected chi connectivity index (χ0v) is 13.8. The molecule has 1 N–H and O–H groups in total. The largest absolute Gasteiger partial charge is 0.353 e. The minimum Gasteiger partial charge on any atom is -0.353 e. The Kier molecular flexibility index (Phi) is 5.50. The van der Waals surface area contributed by atoms with Gasteiger partial charge in [-0.25, -0.2) is 9.97 Å². The average Bonchev–Trinajstić information content (AvgIpc) is 2.69. The van der Waals surface area contributed by atoms with Crippen LogP contribution in [-0.4, -0.2) is 64.4 Å². The molecule has 2 aromatic heterocycles. The lowest BCUT2D eigenvalue weighted by molar-refractivity contribution is -0.131. The van der Waals surface area contributed by atoms with Crippen LogP contribution in [0.15, 0.2) is 43.0 Å². The van der Waals surface area contributed by atoms with Crippen molar-refractivity contribution in [1.29, 1.82) is 0 Å². The maximum absolute atomic E-state index is 12.3. The predicted octanol–water partition coefficient (Wildman–Crippen LogP) is 0.340. The molecule has 0 unspecified atom stereocenters. The molecule has 0 radical (unpaired) electrons. The summed E-state index contributed by atoms with van der Waals surface area (Å²) in [6.45, 7) is 3.12. The van der Waals surface area contributed by atoms with Crippen molar-refractivity contribution in [1.82, 2.24) is 25.2 Å². The summed E-state index contributed by atoms with van der Waals surface area (Å²) in [5.41, 5.74) is 0.249. The number of carbonyl (C=O) groups excluding carboxylic acids is 2. The molecular weight excluding hydrogens is 320 g/mol. The average molecular weight is 340 g/mol. The van der Waals surface area contributed by atoms with E-state index in [1.807, 2.05) is 23.1 Å². The normalized spacial score (nSPS) is 14.2. The first kappa shape index (κ1) is 16.8. The zero-order chi connectivity index (χ0) is 17.5. The standard InChI is InChI=1S/C17H20N6O2/c24-16(4-6-21-17(25)14-13-18-7-8-19-14)23-11-9-22(10-12-23)15-3-1-2-5-20-15/h1-3,5,7-8,13H,4,6,9-12H2,(H,21,25). The van der Waals surface area contributed by atoms with E-state index in [1.165, 1.54) is 18.6 Å². The fourth-order valence-corrected chi connectivity index (χ4v) is 2.67. The summed E-state index contributed by atoms with van der Waals surface area (Å²) in [7, 11) is 0. The van der Waals surface area contributed by atoms with Crippen molar-refractivity contribution >= 4 is 17.6 Å². The van der Waals surface area contributed by atoms with E-state index in [2.05, 4.69) is 25.2 Å². The van der Waals surface area contributed by atoms with Crippen LogP contribution >= 0.6 is 0 Å². The van der Waals surface area contributed by atoms with E-state index in [9.17, 15) is 9.59 Å². The third-order valence-electron chi connectivity index (χ3n) is 4.03. The van der Waals surface area contributed by atoms with Crippen molar-refractivity contribution in [2.75, 3.05) is 37.6 Å². The van der Waals surface area contributed by atoms with Gasteiger partial charge in [-0.2, -0.15) is 0 Å². The third-order valence-corrected chi connectivity index (χ3v) is 4.03. The van der Waals surface area contributed by atoms with Gasteiger partial charge < -0.3 is 15.1 Å². The number of nitrogens with zero attached hydrogens (tertiary/aromatic N) is 5. The van der Waals surface area contributed by atoms with Gasteiger partial charge in [0.2, 0.25) is 5.91 Å². The molecule has 8 nitrogen and oxygen atoms in total. The number of nitrogens with one attached hydrogen (secondary N) is 1. The maximum atomic E-state index is 12.3. The smallest absolute Gasteiger partial charge is 0.271 e. The fourth-order valence-electron chi connectivity index (χ4n) is 2.67. The zero-order valence-electron chi connectivity index (χ0n) is 13.8.